The smallest absolute Gasteiger partial charge is 0.164 e. The Hall–Kier alpha value is -13.3. The highest BCUT2D eigenvalue weighted by Gasteiger charge is 2.24. The fourth-order valence-electron chi connectivity index (χ4n) is 12.6. The lowest BCUT2D eigenvalue weighted by atomic mass is 9.95. The molecule has 0 saturated heterocycles. The largest absolute Gasteiger partial charge is 0.309 e. The Labute approximate surface area is 517 Å². The van der Waals surface area contributed by atoms with Gasteiger partial charge in [-0.25, -0.2) is 15.0 Å². The van der Waals surface area contributed by atoms with E-state index in [-0.39, 0.29) is 0 Å². The van der Waals surface area contributed by atoms with Crippen molar-refractivity contribution in [2.45, 2.75) is 0 Å². The van der Waals surface area contributed by atoms with Gasteiger partial charge in [-0.2, -0.15) is 26.3 Å². The summed E-state index contributed by atoms with van der Waals surface area (Å²) in [6.45, 7) is 0. The van der Waals surface area contributed by atoms with Crippen LogP contribution in [-0.4, -0.2) is 24.1 Å². The molecule has 0 spiro atoms. The van der Waals surface area contributed by atoms with Gasteiger partial charge >= 0.3 is 0 Å². The van der Waals surface area contributed by atoms with Crippen LogP contribution in [0.15, 0.2) is 267 Å². The highest BCUT2D eigenvalue weighted by atomic mass is 15.0. The van der Waals surface area contributed by atoms with E-state index in [0.29, 0.717) is 62.0 Å². The minimum absolute atomic E-state index is 0.417. The Morgan fingerprint density at radius 2 is 0.556 bits per heavy atom. The molecule has 0 aliphatic carbocycles. The summed E-state index contributed by atoms with van der Waals surface area (Å²) in [5, 5.41) is 56.4. The molecule has 3 heterocycles. The maximum Gasteiger partial charge on any atom is 0.164 e. The number of hydrogen-bond acceptors (Lipinski definition) is 8. The second-order valence-electron chi connectivity index (χ2n) is 21.8. The zero-order valence-corrected chi connectivity index (χ0v) is 47.9. The quantitative estimate of drug-likeness (QED) is 0.130. The van der Waals surface area contributed by atoms with Crippen LogP contribution in [0.3, 0.4) is 0 Å². The van der Waals surface area contributed by atoms with Gasteiger partial charge in [0, 0.05) is 55.0 Å². The molecule has 0 atom stereocenters. The van der Waals surface area contributed by atoms with Crippen molar-refractivity contribution in [3.8, 4) is 132 Å². The van der Waals surface area contributed by atoms with Gasteiger partial charge in [-0.15, -0.1) is 0 Å². The predicted molar refractivity (Wildman–Crippen MR) is 356 cm³/mol. The molecule has 0 radical (unpaired) electrons. The number of hydrogen-bond donors (Lipinski definition) is 0. The van der Waals surface area contributed by atoms with E-state index in [4.69, 9.17) is 15.0 Å². The van der Waals surface area contributed by atoms with E-state index < -0.39 is 0 Å². The predicted octanol–water partition coefficient (Wildman–Crippen LogP) is 18.8. The van der Waals surface area contributed by atoms with Crippen LogP contribution in [-0.2, 0) is 0 Å². The number of aromatic nitrogens is 5. The maximum absolute atomic E-state index is 11.5. The minimum atomic E-state index is 0.417. The number of benzene rings is 12. The minimum Gasteiger partial charge on any atom is -0.309 e. The molecule has 0 aliphatic rings. The molecular formula is C80H44N10. The van der Waals surface area contributed by atoms with E-state index in [1.54, 1.807) is 0 Å². The van der Waals surface area contributed by atoms with Gasteiger partial charge in [-0.1, -0.05) is 158 Å². The van der Waals surface area contributed by atoms with Crippen LogP contribution in [0.25, 0.3) is 145 Å². The third-order valence-electron chi connectivity index (χ3n) is 16.8. The van der Waals surface area contributed by atoms with Crippen molar-refractivity contribution in [2.24, 2.45) is 0 Å². The molecule has 0 unspecified atom stereocenters. The van der Waals surface area contributed by atoms with Crippen molar-refractivity contribution < 1.29 is 0 Å². The molecule has 10 heteroatoms. The lowest BCUT2D eigenvalue weighted by Gasteiger charge is -2.18. The lowest BCUT2D eigenvalue weighted by molar-refractivity contribution is 1.07. The van der Waals surface area contributed by atoms with E-state index in [0.717, 1.165) is 111 Å². The van der Waals surface area contributed by atoms with Gasteiger partial charge in [0.15, 0.2) is 17.5 Å². The summed E-state index contributed by atoms with van der Waals surface area (Å²) in [4.78, 5) is 15.4. The average molecular weight is 1150 g/mol. The molecule has 0 bridgehead atoms. The fourth-order valence-corrected chi connectivity index (χ4v) is 12.6. The molecular weight excluding hydrogens is 1100 g/mol. The first kappa shape index (κ1) is 53.4. The molecule has 15 rings (SSSR count). The molecule has 0 aliphatic heterocycles. The van der Waals surface area contributed by atoms with Crippen molar-refractivity contribution in [3.05, 3.63) is 295 Å². The normalized spacial score (nSPS) is 11.1. The van der Waals surface area contributed by atoms with E-state index in [9.17, 15) is 26.3 Å². The Kier molecular flexibility index (Phi) is 13.2. The van der Waals surface area contributed by atoms with Gasteiger partial charge in [-0.3, -0.25) is 0 Å². The summed E-state index contributed by atoms with van der Waals surface area (Å²) >= 11 is 0. The molecule has 0 saturated carbocycles. The summed E-state index contributed by atoms with van der Waals surface area (Å²) in [6.07, 6.45) is 0. The molecule has 90 heavy (non-hydrogen) atoms. The number of rotatable bonds is 10. The van der Waals surface area contributed by atoms with Gasteiger partial charge < -0.3 is 9.13 Å². The van der Waals surface area contributed by atoms with Crippen LogP contribution in [0.4, 0.5) is 0 Å². The molecule has 0 fully saturated rings. The van der Waals surface area contributed by atoms with E-state index in [2.05, 4.69) is 106 Å². The maximum atomic E-state index is 11.5. The first-order chi connectivity index (χ1) is 44.4. The number of nitriles is 5. The number of fused-ring (bicyclic) bond motifs is 6. The number of nitrogens with zero attached hydrogens (tertiary/aromatic N) is 10. The van der Waals surface area contributed by atoms with Crippen LogP contribution < -0.4 is 0 Å². The van der Waals surface area contributed by atoms with Crippen LogP contribution in [0.2, 0.25) is 0 Å². The summed E-state index contributed by atoms with van der Waals surface area (Å²) in [5.74, 6) is 1.43. The monoisotopic (exact) mass is 1140 g/mol. The van der Waals surface area contributed by atoms with Crippen molar-refractivity contribution >= 4 is 43.6 Å². The zero-order chi connectivity index (χ0) is 60.8. The summed E-state index contributed by atoms with van der Waals surface area (Å²) in [6, 6.07) is 99.4. The fraction of sp³-hybridized carbons (Fsp3) is 0. The van der Waals surface area contributed by atoms with Crippen molar-refractivity contribution in [1.29, 1.82) is 26.3 Å². The summed E-state index contributed by atoms with van der Waals surface area (Å²) in [5.41, 5.74) is 18.0. The third kappa shape index (κ3) is 9.14. The van der Waals surface area contributed by atoms with Crippen molar-refractivity contribution in [2.75, 3.05) is 0 Å². The van der Waals surface area contributed by atoms with Gasteiger partial charge in [0.25, 0.3) is 0 Å². The molecule has 15 aromatic rings. The second kappa shape index (κ2) is 22.3. The standard InChI is InChI=1S/C80H44N10/c81-45-57-19-7-11-23-63(57)52-28-34-73-69(39-52)70-40-53(64-24-12-8-20-58(64)46-82)29-35-74(70)89(73)62-33-27-61(49-85)67(44-62)68-43-56(80-87-78(50-15-3-1-4-16-50)86-79(88-80)51-17-5-2-6-18-51)32-38-75(68)90-76-36-30-54(65-25-13-9-21-59(65)47-83)41-71(76)72-42-55(31-37-77(72)90)66-26-14-10-22-60(66)48-84/h1-44H. The first-order valence-corrected chi connectivity index (χ1v) is 29.1. The molecule has 3 aromatic heterocycles. The van der Waals surface area contributed by atoms with Crippen LogP contribution in [0.1, 0.15) is 27.8 Å². The van der Waals surface area contributed by atoms with Gasteiger partial charge in [0.1, 0.15) is 0 Å². The summed E-state index contributed by atoms with van der Waals surface area (Å²) in [7, 11) is 0. The molecule has 0 N–H and O–H groups in total. The highest BCUT2D eigenvalue weighted by molar-refractivity contribution is 6.14. The SMILES string of the molecule is N#Cc1ccccc1-c1ccc2c(c1)c1cc(-c3ccccc3C#N)ccc1n2-c1ccc(C#N)c(-c2cc(-c3nc(-c4ccccc4)nc(-c4ccccc4)n3)ccc2-n2c3ccc(-c4ccccc4C#N)cc3c3cc(-c4ccccc4C#N)ccc32)c1. The lowest BCUT2D eigenvalue weighted by Crippen LogP contribution is -2.03. The molecule has 10 nitrogen and oxygen atoms in total. The Balaban J connectivity index is 1.02. The summed E-state index contributed by atoms with van der Waals surface area (Å²) < 4.78 is 4.45. The average Bonchev–Trinajstić information content (AvgIpc) is 1.62. The van der Waals surface area contributed by atoms with Gasteiger partial charge in [0.05, 0.1) is 85.9 Å². The molecule has 414 valence electrons. The van der Waals surface area contributed by atoms with Crippen LogP contribution >= 0.6 is 0 Å². The molecule has 0 amide bonds. The molecule has 12 aromatic carbocycles. The van der Waals surface area contributed by atoms with E-state index >= 15 is 0 Å². The van der Waals surface area contributed by atoms with E-state index in [1.165, 1.54) is 0 Å². The van der Waals surface area contributed by atoms with E-state index in [1.807, 2.05) is 200 Å². The van der Waals surface area contributed by atoms with Gasteiger partial charge in [0.2, 0.25) is 0 Å². The zero-order valence-electron chi connectivity index (χ0n) is 47.9. The van der Waals surface area contributed by atoms with Crippen LogP contribution in [0.5, 0.6) is 0 Å². The van der Waals surface area contributed by atoms with Crippen LogP contribution in [0, 0.1) is 56.7 Å². The van der Waals surface area contributed by atoms with Crippen molar-refractivity contribution in [1.82, 2.24) is 24.1 Å². The Morgan fingerprint density at radius 3 is 0.933 bits per heavy atom. The third-order valence-corrected chi connectivity index (χ3v) is 16.8. The topological polar surface area (TPSA) is 167 Å². The highest BCUT2D eigenvalue weighted by Crippen LogP contribution is 2.45. The van der Waals surface area contributed by atoms with Gasteiger partial charge in [-0.05, 0) is 154 Å². The first-order valence-electron chi connectivity index (χ1n) is 29.1. The Morgan fingerprint density at radius 1 is 0.233 bits per heavy atom. The van der Waals surface area contributed by atoms with Crippen molar-refractivity contribution in [3.63, 3.8) is 0 Å². The Bertz CT molecular complexity index is 5400. The second-order valence-corrected chi connectivity index (χ2v) is 21.8.